The molecule has 6 heteroatoms. The summed E-state index contributed by atoms with van der Waals surface area (Å²) in [6.45, 7) is 1.92. The molecule has 0 fully saturated rings. The lowest BCUT2D eigenvalue weighted by Crippen LogP contribution is -2.13. The van der Waals surface area contributed by atoms with E-state index in [0.717, 1.165) is 44.9 Å². The maximum atomic E-state index is 12.9. The molecule has 1 aliphatic carbocycles. The fraction of sp³-hybridized carbons (Fsp3) is 0.150. The van der Waals surface area contributed by atoms with E-state index in [-0.39, 0.29) is 4.90 Å². The van der Waals surface area contributed by atoms with Gasteiger partial charge in [-0.3, -0.25) is 0 Å². The molecule has 132 valence electrons. The molecule has 1 aliphatic rings. The van der Waals surface area contributed by atoms with Gasteiger partial charge in [0.25, 0.3) is 10.0 Å². The Morgan fingerprint density at radius 3 is 2.42 bits per heavy atom. The Bertz CT molecular complexity index is 1100. The largest absolute Gasteiger partial charge is 0.282 e. The van der Waals surface area contributed by atoms with Crippen LogP contribution < -0.4 is 0 Å². The number of halogens is 1. The summed E-state index contributed by atoms with van der Waals surface area (Å²) >= 11 is 5.98. The van der Waals surface area contributed by atoms with Gasteiger partial charge in [0.15, 0.2) is 0 Å². The summed E-state index contributed by atoms with van der Waals surface area (Å²) in [4.78, 5) is 0.236. The Kier molecular flexibility index (Phi) is 4.21. The molecular weight excluding hydrogens is 368 g/mol. The maximum absolute atomic E-state index is 12.9. The lowest BCUT2D eigenvalue weighted by molar-refractivity contribution is 0.579. The highest BCUT2D eigenvalue weighted by molar-refractivity contribution is 7.89. The number of benzene rings is 2. The number of nitrogens with zero attached hydrogens (tertiary/aromatic N) is 2. The molecule has 0 atom stereocenters. The lowest BCUT2D eigenvalue weighted by Gasteiger charge is -2.12. The summed E-state index contributed by atoms with van der Waals surface area (Å²) < 4.78 is 26.9. The van der Waals surface area contributed by atoms with Crippen molar-refractivity contribution >= 4 is 27.2 Å². The van der Waals surface area contributed by atoms with E-state index in [1.807, 2.05) is 31.2 Å². The van der Waals surface area contributed by atoms with Gasteiger partial charge in [0.1, 0.15) is 0 Å². The Morgan fingerprint density at radius 2 is 1.73 bits per heavy atom. The van der Waals surface area contributed by atoms with Crippen molar-refractivity contribution in [3.8, 4) is 0 Å². The van der Waals surface area contributed by atoms with Gasteiger partial charge in [-0.2, -0.15) is 17.6 Å². The molecule has 0 radical (unpaired) electrons. The predicted octanol–water partition coefficient (Wildman–Crippen LogP) is 4.46. The van der Waals surface area contributed by atoms with E-state index in [1.165, 1.54) is 0 Å². The molecule has 26 heavy (non-hydrogen) atoms. The van der Waals surface area contributed by atoms with Crippen LogP contribution in [0.1, 0.15) is 28.8 Å². The van der Waals surface area contributed by atoms with Gasteiger partial charge < -0.3 is 0 Å². The zero-order valence-corrected chi connectivity index (χ0v) is 15.8. The fourth-order valence-electron chi connectivity index (χ4n) is 3.10. The van der Waals surface area contributed by atoms with Gasteiger partial charge >= 0.3 is 0 Å². The first-order chi connectivity index (χ1) is 12.4. The number of hydrogen-bond acceptors (Lipinski definition) is 3. The van der Waals surface area contributed by atoms with Crippen molar-refractivity contribution in [3.05, 3.63) is 88.2 Å². The summed E-state index contributed by atoms with van der Waals surface area (Å²) in [6, 6.07) is 14.3. The van der Waals surface area contributed by atoms with Crippen LogP contribution in [0.15, 0.2) is 65.7 Å². The average Bonchev–Trinajstić information content (AvgIpc) is 3.08. The van der Waals surface area contributed by atoms with Crippen LogP contribution in [0.25, 0.3) is 5.57 Å². The van der Waals surface area contributed by atoms with Gasteiger partial charge in [0.05, 0.1) is 16.8 Å². The molecule has 0 saturated carbocycles. The Balaban J connectivity index is 1.78. The summed E-state index contributed by atoms with van der Waals surface area (Å²) in [7, 11) is -3.70. The van der Waals surface area contributed by atoms with E-state index < -0.39 is 10.0 Å². The van der Waals surface area contributed by atoms with E-state index >= 15 is 0 Å². The van der Waals surface area contributed by atoms with E-state index in [0.29, 0.717) is 5.02 Å². The van der Waals surface area contributed by atoms with Crippen molar-refractivity contribution in [3.63, 3.8) is 0 Å². The van der Waals surface area contributed by atoms with Crippen molar-refractivity contribution in [2.45, 2.75) is 24.7 Å². The molecule has 4 rings (SSSR count). The van der Waals surface area contributed by atoms with Gasteiger partial charge in [-0.25, -0.2) is 0 Å². The second-order valence-corrected chi connectivity index (χ2v) is 8.58. The van der Waals surface area contributed by atoms with Gasteiger partial charge in [-0.15, -0.1) is 0 Å². The number of fused-ring (bicyclic) bond motifs is 1. The van der Waals surface area contributed by atoms with E-state index in [2.05, 4.69) is 11.2 Å². The first-order valence-corrected chi connectivity index (χ1v) is 10.1. The van der Waals surface area contributed by atoms with Crippen LogP contribution in [0, 0.1) is 6.92 Å². The molecule has 3 aromatic rings. The summed E-state index contributed by atoms with van der Waals surface area (Å²) in [5.41, 5.74) is 4.66. The van der Waals surface area contributed by atoms with Crippen LogP contribution in [-0.4, -0.2) is 17.6 Å². The molecule has 4 nitrogen and oxygen atoms in total. The molecule has 2 aromatic carbocycles. The second-order valence-electron chi connectivity index (χ2n) is 6.34. The van der Waals surface area contributed by atoms with Crippen molar-refractivity contribution < 1.29 is 8.42 Å². The SMILES string of the molecule is Cc1ccc(S(=O)(=O)n2cc3c(n2)CCC=C3c2ccc(Cl)cc2)cc1. The number of allylic oxidation sites excluding steroid dienone is 1. The molecule has 0 saturated heterocycles. The molecule has 0 amide bonds. The van der Waals surface area contributed by atoms with Gasteiger partial charge in [0.2, 0.25) is 0 Å². The highest BCUT2D eigenvalue weighted by Crippen LogP contribution is 2.32. The third-order valence-electron chi connectivity index (χ3n) is 4.51. The Labute approximate surface area is 157 Å². The summed E-state index contributed by atoms with van der Waals surface area (Å²) in [5, 5.41) is 5.05. The van der Waals surface area contributed by atoms with Crippen LogP contribution in [0.3, 0.4) is 0 Å². The molecule has 1 heterocycles. The molecule has 0 spiro atoms. The van der Waals surface area contributed by atoms with Crippen LogP contribution in [0.2, 0.25) is 5.02 Å². The summed E-state index contributed by atoms with van der Waals surface area (Å²) in [5.74, 6) is 0. The van der Waals surface area contributed by atoms with Gasteiger partial charge in [-0.1, -0.05) is 47.5 Å². The summed E-state index contributed by atoms with van der Waals surface area (Å²) in [6.07, 6.45) is 5.29. The Morgan fingerprint density at radius 1 is 1.04 bits per heavy atom. The molecule has 0 bridgehead atoms. The molecule has 0 N–H and O–H groups in total. The van der Waals surface area contributed by atoms with Crippen molar-refractivity contribution in [1.82, 2.24) is 9.19 Å². The lowest BCUT2D eigenvalue weighted by atomic mass is 9.92. The van der Waals surface area contributed by atoms with Crippen LogP contribution in [0.5, 0.6) is 0 Å². The van der Waals surface area contributed by atoms with Gasteiger partial charge in [-0.05, 0) is 55.2 Å². The quantitative estimate of drug-likeness (QED) is 0.669. The van der Waals surface area contributed by atoms with Crippen LogP contribution in [-0.2, 0) is 16.4 Å². The minimum absolute atomic E-state index is 0.236. The monoisotopic (exact) mass is 384 g/mol. The number of aryl methyl sites for hydroxylation is 2. The Hall–Kier alpha value is -2.37. The van der Waals surface area contributed by atoms with Crippen LogP contribution >= 0.6 is 11.6 Å². The first kappa shape index (κ1) is 17.1. The smallest absolute Gasteiger partial charge is 0.199 e. The second kappa shape index (κ2) is 6.41. The number of rotatable bonds is 3. The fourth-order valence-corrected chi connectivity index (χ4v) is 4.38. The average molecular weight is 385 g/mol. The first-order valence-electron chi connectivity index (χ1n) is 8.32. The topological polar surface area (TPSA) is 52.0 Å². The third-order valence-corrected chi connectivity index (χ3v) is 6.31. The minimum atomic E-state index is -3.70. The van der Waals surface area contributed by atoms with E-state index in [9.17, 15) is 8.42 Å². The minimum Gasteiger partial charge on any atom is -0.199 e. The zero-order chi connectivity index (χ0) is 18.3. The van der Waals surface area contributed by atoms with Crippen molar-refractivity contribution in [1.29, 1.82) is 0 Å². The molecule has 0 unspecified atom stereocenters. The highest BCUT2D eigenvalue weighted by Gasteiger charge is 2.24. The van der Waals surface area contributed by atoms with E-state index in [1.54, 1.807) is 30.5 Å². The number of aromatic nitrogens is 2. The standard InChI is InChI=1S/C20H17ClN2O2S/c1-14-5-11-17(12-6-14)26(24,25)23-13-19-18(3-2-4-20(19)22-23)15-7-9-16(21)10-8-15/h3,5-13H,2,4H2,1H3. The van der Waals surface area contributed by atoms with Crippen molar-refractivity contribution in [2.75, 3.05) is 0 Å². The normalized spacial score (nSPS) is 14.0. The molecular formula is C20H17ClN2O2S. The van der Waals surface area contributed by atoms with Gasteiger partial charge in [0, 0.05) is 10.6 Å². The van der Waals surface area contributed by atoms with E-state index in [4.69, 9.17) is 11.6 Å². The molecule has 0 aliphatic heterocycles. The zero-order valence-electron chi connectivity index (χ0n) is 14.2. The third kappa shape index (κ3) is 2.97. The predicted molar refractivity (Wildman–Crippen MR) is 103 cm³/mol. The van der Waals surface area contributed by atoms with Crippen molar-refractivity contribution in [2.24, 2.45) is 0 Å². The molecule has 1 aromatic heterocycles. The highest BCUT2D eigenvalue weighted by atomic mass is 35.5. The number of hydrogen-bond donors (Lipinski definition) is 0. The van der Waals surface area contributed by atoms with Crippen LogP contribution in [0.4, 0.5) is 0 Å². The maximum Gasteiger partial charge on any atom is 0.282 e.